The lowest BCUT2D eigenvalue weighted by Crippen LogP contribution is -2.44. The summed E-state index contributed by atoms with van der Waals surface area (Å²) in [4.78, 5) is 24.5. The minimum absolute atomic E-state index is 0.0435. The van der Waals surface area contributed by atoms with Gasteiger partial charge >= 0.3 is 5.97 Å². The van der Waals surface area contributed by atoms with Gasteiger partial charge in [-0.25, -0.2) is 4.39 Å². The molecule has 1 saturated heterocycles. The van der Waals surface area contributed by atoms with Crippen molar-refractivity contribution < 1.29 is 23.8 Å². The summed E-state index contributed by atoms with van der Waals surface area (Å²) in [6, 6.07) is 3.15. The van der Waals surface area contributed by atoms with E-state index < -0.39 is 29.7 Å². The summed E-state index contributed by atoms with van der Waals surface area (Å²) in [5, 5.41) is 9.07. The van der Waals surface area contributed by atoms with Gasteiger partial charge in [0.1, 0.15) is 11.7 Å². The molecule has 1 aliphatic rings. The molecule has 0 radical (unpaired) electrons. The van der Waals surface area contributed by atoms with Gasteiger partial charge in [-0.15, -0.1) is 0 Å². The number of nitrogens with zero attached hydrogens (tertiary/aromatic N) is 1. The molecule has 1 aromatic rings. The van der Waals surface area contributed by atoms with Crippen LogP contribution >= 0.6 is 0 Å². The number of likely N-dealkylation sites (N-methyl/N-ethyl adjacent to an activating group) is 1. The smallest absolute Gasteiger partial charge is 0.311 e. The SMILES string of the molecule is CN(C(=O)c1ccc(N)cc1F)C1COCC1C(=O)O. The molecule has 1 heterocycles. The highest BCUT2D eigenvalue weighted by Crippen LogP contribution is 2.22. The first-order valence-corrected chi connectivity index (χ1v) is 6.04. The lowest BCUT2D eigenvalue weighted by Gasteiger charge is -2.26. The van der Waals surface area contributed by atoms with Gasteiger partial charge in [-0.05, 0) is 18.2 Å². The van der Waals surface area contributed by atoms with Crippen LogP contribution in [0.25, 0.3) is 0 Å². The van der Waals surface area contributed by atoms with Gasteiger partial charge in [0.25, 0.3) is 5.91 Å². The van der Waals surface area contributed by atoms with Gasteiger partial charge in [0.2, 0.25) is 0 Å². The molecule has 108 valence electrons. The third-order valence-corrected chi connectivity index (χ3v) is 3.41. The largest absolute Gasteiger partial charge is 0.481 e. The Morgan fingerprint density at radius 3 is 2.75 bits per heavy atom. The zero-order valence-electron chi connectivity index (χ0n) is 10.9. The molecule has 2 unspecified atom stereocenters. The number of carboxylic acids is 1. The van der Waals surface area contributed by atoms with Crippen LogP contribution in [0, 0.1) is 11.7 Å². The molecule has 0 aromatic heterocycles. The van der Waals surface area contributed by atoms with Crippen molar-refractivity contribution in [2.45, 2.75) is 6.04 Å². The van der Waals surface area contributed by atoms with Crippen LogP contribution in [0.4, 0.5) is 10.1 Å². The zero-order valence-corrected chi connectivity index (χ0v) is 10.9. The van der Waals surface area contributed by atoms with E-state index in [1.807, 2.05) is 0 Å². The van der Waals surface area contributed by atoms with Crippen LogP contribution < -0.4 is 5.73 Å². The molecule has 6 nitrogen and oxygen atoms in total. The Bertz CT molecular complexity index is 549. The van der Waals surface area contributed by atoms with Crippen molar-refractivity contribution >= 4 is 17.6 Å². The van der Waals surface area contributed by atoms with Gasteiger partial charge in [-0.3, -0.25) is 9.59 Å². The molecule has 0 saturated carbocycles. The Balaban J connectivity index is 2.22. The van der Waals surface area contributed by atoms with Gasteiger partial charge in [-0.1, -0.05) is 0 Å². The van der Waals surface area contributed by atoms with Crippen LogP contribution in [0.15, 0.2) is 18.2 Å². The molecule has 20 heavy (non-hydrogen) atoms. The molecule has 1 aromatic carbocycles. The third kappa shape index (κ3) is 2.57. The predicted molar refractivity (Wildman–Crippen MR) is 68.6 cm³/mol. The molecule has 1 fully saturated rings. The van der Waals surface area contributed by atoms with E-state index in [2.05, 4.69) is 0 Å². The summed E-state index contributed by atoms with van der Waals surface area (Å²) < 4.78 is 18.8. The van der Waals surface area contributed by atoms with E-state index in [1.54, 1.807) is 0 Å². The molecular formula is C13H15FN2O4. The molecule has 0 spiro atoms. The number of carbonyl (C=O) groups excluding carboxylic acids is 1. The van der Waals surface area contributed by atoms with E-state index in [0.717, 1.165) is 6.07 Å². The number of benzene rings is 1. The maximum absolute atomic E-state index is 13.7. The summed E-state index contributed by atoms with van der Waals surface area (Å²) in [6.07, 6.45) is 0. The van der Waals surface area contributed by atoms with Crippen molar-refractivity contribution in [2.75, 3.05) is 26.0 Å². The fourth-order valence-corrected chi connectivity index (χ4v) is 2.21. The number of nitrogen functional groups attached to an aromatic ring is 1. The molecular weight excluding hydrogens is 267 g/mol. The van der Waals surface area contributed by atoms with Gasteiger partial charge in [0.15, 0.2) is 0 Å². The Labute approximate surface area is 114 Å². The van der Waals surface area contributed by atoms with Gasteiger partial charge in [0.05, 0.1) is 24.8 Å². The summed E-state index contributed by atoms with van der Waals surface area (Å²) in [7, 11) is 1.44. The maximum Gasteiger partial charge on any atom is 0.311 e. The van der Waals surface area contributed by atoms with Gasteiger partial charge in [0, 0.05) is 12.7 Å². The molecule has 1 aliphatic heterocycles. The Hall–Kier alpha value is -2.15. The monoisotopic (exact) mass is 282 g/mol. The second-order valence-corrected chi connectivity index (χ2v) is 4.70. The minimum Gasteiger partial charge on any atom is -0.481 e. The molecule has 2 atom stereocenters. The first-order chi connectivity index (χ1) is 9.41. The number of hydrogen-bond acceptors (Lipinski definition) is 4. The number of nitrogens with two attached hydrogens (primary N) is 1. The van der Waals surface area contributed by atoms with E-state index in [4.69, 9.17) is 15.6 Å². The zero-order chi connectivity index (χ0) is 14.9. The van der Waals surface area contributed by atoms with Crippen LogP contribution in [-0.2, 0) is 9.53 Å². The first-order valence-electron chi connectivity index (χ1n) is 6.04. The average molecular weight is 282 g/mol. The van der Waals surface area contributed by atoms with E-state index in [-0.39, 0.29) is 24.5 Å². The maximum atomic E-state index is 13.7. The number of anilines is 1. The second-order valence-electron chi connectivity index (χ2n) is 4.70. The summed E-state index contributed by atoms with van der Waals surface area (Å²) in [5.41, 5.74) is 5.50. The normalized spacial score (nSPS) is 21.7. The summed E-state index contributed by atoms with van der Waals surface area (Å²) >= 11 is 0. The van der Waals surface area contributed by atoms with Crippen molar-refractivity contribution in [1.29, 1.82) is 0 Å². The van der Waals surface area contributed by atoms with Crippen LogP contribution in [0.1, 0.15) is 10.4 Å². The van der Waals surface area contributed by atoms with E-state index in [1.165, 1.54) is 24.1 Å². The number of carboxylic acid groups (broad SMARTS) is 1. The van der Waals surface area contributed by atoms with Crippen molar-refractivity contribution in [3.63, 3.8) is 0 Å². The Morgan fingerprint density at radius 2 is 2.15 bits per heavy atom. The minimum atomic E-state index is -1.04. The topological polar surface area (TPSA) is 92.9 Å². The van der Waals surface area contributed by atoms with E-state index in [0.29, 0.717) is 0 Å². The third-order valence-electron chi connectivity index (χ3n) is 3.41. The van der Waals surface area contributed by atoms with Crippen LogP contribution in [-0.4, -0.2) is 48.2 Å². The fourth-order valence-electron chi connectivity index (χ4n) is 2.21. The van der Waals surface area contributed by atoms with Gasteiger partial charge in [-0.2, -0.15) is 0 Å². The van der Waals surface area contributed by atoms with Crippen molar-refractivity contribution in [1.82, 2.24) is 4.90 Å². The molecule has 7 heteroatoms. The van der Waals surface area contributed by atoms with E-state index >= 15 is 0 Å². The highest BCUT2D eigenvalue weighted by Gasteiger charge is 2.39. The second kappa shape index (κ2) is 5.46. The predicted octanol–water partition coefficient (Wildman–Crippen LogP) is 0.579. The standard InChI is InChI=1S/C13H15FN2O4/c1-16(11-6-20-5-9(11)13(18)19)12(17)8-3-2-7(15)4-10(8)14/h2-4,9,11H,5-6,15H2,1H3,(H,18,19). The number of hydrogen-bond donors (Lipinski definition) is 2. The summed E-state index contributed by atoms with van der Waals surface area (Å²) in [6.45, 7) is 0.164. The Morgan fingerprint density at radius 1 is 1.45 bits per heavy atom. The van der Waals surface area contributed by atoms with Crippen molar-refractivity contribution in [2.24, 2.45) is 5.92 Å². The quantitative estimate of drug-likeness (QED) is 0.791. The number of amides is 1. The van der Waals surface area contributed by atoms with Crippen LogP contribution in [0.5, 0.6) is 0 Å². The number of aliphatic carboxylic acids is 1. The number of rotatable bonds is 3. The number of ether oxygens (including phenoxy) is 1. The lowest BCUT2D eigenvalue weighted by atomic mass is 10.0. The summed E-state index contributed by atoms with van der Waals surface area (Å²) in [5.74, 6) is -3.16. The van der Waals surface area contributed by atoms with Crippen LogP contribution in [0.3, 0.4) is 0 Å². The molecule has 0 aliphatic carbocycles. The first kappa shape index (κ1) is 14.3. The van der Waals surface area contributed by atoms with Crippen molar-refractivity contribution in [3.8, 4) is 0 Å². The fraction of sp³-hybridized carbons (Fsp3) is 0.385. The van der Waals surface area contributed by atoms with Gasteiger partial charge < -0.3 is 20.5 Å². The Kier molecular flexibility index (Phi) is 3.89. The van der Waals surface area contributed by atoms with Crippen LogP contribution in [0.2, 0.25) is 0 Å². The molecule has 2 rings (SSSR count). The lowest BCUT2D eigenvalue weighted by molar-refractivity contribution is -0.142. The average Bonchev–Trinajstić information content (AvgIpc) is 2.86. The number of halogens is 1. The van der Waals surface area contributed by atoms with Crippen molar-refractivity contribution in [3.05, 3.63) is 29.6 Å². The molecule has 1 amide bonds. The highest BCUT2D eigenvalue weighted by molar-refractivity contribution is 5.95. The number of carbonyl (C=O) groups is 2. The van der Waals surface area contributed by atoms with E-state index in [9.17, 15) is 14.0 Å². The highest BCUT2D eigenvalue weighted by atomic mass is 19.1. The molecule has 0 bridgehead atoms. The molecule has 3 N–H and O–H groups in total.